The predicted octanol–water partition coefficient (Wildman–Crippen LogP) is 3.70. The molecule has 0 unspecified atom stereocenters. The molecule has 1 N–H and O–H groups in total. The summed E-state index contributed by atoms with van der Waals surface area (Å²) in [7, 11) is 0. The number of hydrogen-bond acceptors (Lipinski definition) is 1. The summed E-state index contributed by atoms with van der Waals surface area (Å²) in [5.74, 6) is 1.89. The van der Waals surface area contributed by atoms with E-state index in [-0.39, 0.29) is 6.10 Å². The van der Waals surface area contributed by atoms with Crippen molar-refractivity contribution in [3.8, 4) is 0 Å². The largest absolute Gasteiger partial charge is 0.389 e. The van der Waals surface area contributed by atoms with Gasteiger partial charge in [0.25, 0.3) is 0 Å². The highest BCUT2D eigenvalue weighted by Crippen LogP contribution is 2.44. The Bertz CT molecular complexity index is 335. The Hall–Kier alpha value is -0.560. The van der Waals surface area contributed by atoms with Crippen LogP contribution < -0.4 is 0 Å². The number of rotatable bonds is 1. The fraction of sp³-hybridized carbons (Fsp3) is 0.733. The van der Waals surface area contributed by atoms with Crippen LogP contribution in [-0.4, -0.2) is 11.2 Å². The Labute approximate surface area is 99.3 Å². The smallest absolute Gasteiger partial charge is 0.0753 e. The lowest BCUT2D eigenvalue weighted by Crippen LogP contribution is -2.33. The zero-order chi connectivity index (χ0) is 11.9. The molecule has 0 spiro atoms. The van der Waals surface area contributed by atoms with Gasteiger partial charge in [-0.25, -0.2) is 0 Å². The van der Waals surface area contributed by atoms with E-state index >= 15 is 0 Å². The first kappa shape index (κ1) is 11.9. The van der Waals surface area contributed by atoms with Crippen LogP contribution in [0.25, 0.3) is 0 Å². The van der Waals surface area contributed by atoms with Crippen LogP contribution in [0, 0.1) is 17.8 Å². The summed E-state index contributed by atoms with van der Waals surface area (Å²) in [6.07, 6.45) is 5.56. The van der Waals surface area contributed by atoms with Crippen molar-refractivity contribution >= 4 is 0 Å². The van der Waals surface area contributed by atoms with E-state index in [1.54, 1.807) is 0 Å². The maximum Gasteiger partial charge on any atom is 0.0753 e. The van der Waals surface area contributed by atoms with Gasteiger partial charge < -0.3 is 5.11 Å². The summed E-state index contributed by atoms with van der Waals surface area (Å²) in [6.45, 7) is 8.94. The van der Waals surface area contributed by atoms with E-state index in [4.69, 9.17) is 0 Å². The molecule has 2 aliphatic carbocycles. The summed E-state index contributed by atoms with van der Waals surface area (Å²) >= 11 is 0. The first-order chi connectivity index (χ1) is 7.50. The highest BCUT2D eigenvalue weighted by molar-refractivity contribution is 5.32. The molecule has 0 fully saturated rings. The van der Waals surface area contributed by atoms with Gasteiger partial charge in [0.05, 0.1) is 6.10 Å². The summed E-state index contributed by atoms with van der Waals surface area (Å²) in [5.41, 5.74) is 4.32. The van der Waals surface area contributed by atoms with Crippen molar-refractivity contribution in [2.24, 2.45) is 17.8 Å². The van der Waals surface area contributed by atoms with Crippen LogP contribution in [0.15, 0.2) is 22.8 Å². The molecule has 90 valence electrons. The summed E-state index contributed by atoms with van der Waals surface area (Å²) in [6, 6.07) is 0. The van der Waals surface area contributed by atoms with Crippen molar-refractivity contribution in [3.63, 3.8) is 0 Å². The van der Waals surface area contributed by atoms with Crippen LogP contribution in [0.2, 0.25) is 0 Å². The van der Waals surface area contributed by atoms with E-state index in [9.17, 15) is 5.11 Å². The molecule has 2 aliphatic rings. The fourth-order valence-electron chi connectivity index (χ4n) is 3.31. The van der Waals surface area contributed by atoms with Gasteiger partial charge in [-0.3, -0.25) is 0 Å². The van der Waals surface area contributed by atoms with Gasteiger partial charge >= 0.3 is 0 Å². The van der Waals surface area contributed by atoms with E-state index in [1.807, 2.05) is 0 Å². The molecule has 0 aromatic rings. The number of aliphatic hydroxyl groups excluding tert-OH is 1. The Morgan fingerprint density at radius 2 is 1.94 bits per heavy atom. The van der Waals surface area contributed by atoms with Crippen molar-refractivity contribution in [1.82, 2.24) is 0 Å². The quantitative estimate of drug-likeness (QED) is 0.668. The van der Waals surface area contributed by atoms with Gasteiger partial charge in [0.1, 0.15) is 0 Å². The van der Waals surface area contributed by atoms with Crippen molar-refractivity contribution in [3.05, 3.63) is 22.8 Å². The van der Waals surface area contributed by atoms with Crippen LogP contribution in [0.1, 0.15) is 47.0 Å². The number of fused-ring (bicyclic) bond motifs is 1. The molecular formula is C15H24O. The molecule has 1 heteroatoms. The highest BCUT2D eigenvalue weighted by Gasteiger charge is 2.35. The molecule has 0 amide bonds. The van der Waals surface area contributed by atoms with Crippen LogP contribution in [0.3, 0.4) is 0 Å². The van der Waals surface area contributed by atoms with Crippen molar-refractivity contribution < 1.29 is 5.11 Å². The molecule has 0 bridgehead atoms. The van der Waals surface area contributed by atoms with E-state index in [0.29, 0.717) is 17.8 Å². The normalized spacial score (nSPS) is 35.1. The van der Waals surface area contributed by atoms with Gasteiger partial charge in [-0.05, 0) is 50.5 Å². The molecule has 0 heterocycles. The van der Waals surface area contributed by atoms with Gasteiger partial charge in [-0.15, -0.1) is 0 Å². The molecule has 0 aromatic carbocycles. The molecule has 0 saturated heterocycles. The second-order valence-corrected chi connectivity index (χ2v) is 5.91. The Kier molecular flexibility index (Phi) is 3.25. The first-order valence-electron chi connectivity index (χ1n) is 6.55. The molecule has 16 heavy (non-hydrogen) atoms. The SMILES string of the molecule is CC1=C[C@@H]2C(=C(C)[C@@H](O)C[C@H]2C(C)C)CC1. The summed E-state index contributed by atoms with van der Waals surface area (Å²) in [4.78, 5) is 0. The molecule has 3 atom stereocenters. The Morgan fingerprint density at radius 1 is 1.25 bits per heavy atom. The molecule has 0 aromatic heterocycles. The van der Waals surface area contributed by atoms with Crippen LogP contribution >= 0.6 is 0 Å². The average molecular weight is 220 g/mol. The van der Waals surface area contributed by atoms with Gasteiger partial charge in [0.15, 0.2) is 0 Å². The van der Waals surface area contributed by atoms with Gasteiger partial charge in [-0.2, -0.15) is 0 Å². The standard InChI is InChI=1S/C15H24O/c1-9(2)13-8-15(16)11(4)12-6-5-10(3)7-14(12)13/h7,9,13-16H,5-6,8H2,1-4H3/t13-,14+,15-/m0/s1. The Morgan fingerprint density at radius 3 is 2.56 bits per heavy atom. The minimum absolute atomic E-state index is 0.189. The van der Waals surface area contributed by atoms with E-state index in [0.717, 1.165) is 6.42 Å². The van der Waals surface area contributed by atoms with Crippen LogP contribution in [0.5, 0.6) is 0 Å². The van der Waals surface area contributed by atoms with Gasteiger partial charge in [0, 0.05) is 5.92 Å². The summed E-state index contributed by atoms with van der Waals surface area (Å²) in [5, 5.41) is 10.1. The van der Waals surface area contributed by atoms with Crippen molar-refractivity contribution in [2.45, 2.75) is 53.1 Å². The monoisotopic (exact) mass is 220 g/mol. The van der Waals surface area contributed by atoms with Gasteiger partial charge in [-0.1, -0.05) is 31.1 Å². The highest BCUT2D eigenvalue weighted by atomic mass is 16.3. The van der Waals surface area contributed by atoms with Crippen LogP contribution in [-0.2, 0) is 0 Å². The van der Waals surface area contributed by atoms with E-state index in [1.165, 1.54) is 29.6 Å². The average Bonchev–Trinajstić information content (AvgIpc) is 2.22. The second kappa shape index (κ2) is 4.37. The lowest BCUT2D eigenvalue weighted by Gasteiger charge is -2.40. The third-order valence-corrected chi connectivity index (χ3v) is 4.47. The van der Waals surface area contributed by atoms with Crippen molar-refractivity contribution in [2.75, 3.05) is 0 Å². The molecule has 2 rings (SSSR count). The maximum absolute atomic E-state index is 10.1. The van der Waals surface area contributed by atoms with Crippen molar-refractivity contribution in [1.29, 1.82) is 0 Å². The molecule has 0 radical (unpaired) electrons. The molecule has 1 nitrogen and oxygen atoms in total. The number of allylic oxidation sites excluding steroid dienone is 3. The zero-order valence-electron chi connectivity index (χ0n) is 11.0. The molecule has 0 aliphatic heterocycles. The maximum atomic E-state index is 10.1. The minimum atomic E-state index is -0.189. The van der Waals surface area contributed by atoms with Gasteiger partial charge in [0.2, 0.25) is 0 Å². The lowest BCUT2D eigenvalue weighted by atomic mass is 9.66. The number of aliphatic hydroxyl groups is 1. The molecular weight excluding hydrogens is 196 g/mol. The molecule has 0 saturated carbocycles. The van der Waals surface area contributed by atoms with Crippen LogP contribution in [0.4, 0.5) is 0 Å². The second-order valence-electron chi connectivity index (χ2n) is 5.91. The first-order valence-corrected chi connectivity index (χ1v) is 6.55. The zero-order valence-corrected chi connectivity index (χ0v) is 11.0. The summed E-state index contributed by atoms with van der Waals surface area (Å²) < 4.78 is 0. The third kappa shape index (κ3) is 1.98. The Balaban J connectivity index is 2.38. The fourth-order valence-corrected chi connectivity index (χ4v) is 3.31. The minimum Gasteiger partial charge on any atom is -0.389 e. The van der Waals surface area contributed by atoms with E-state index in [2.05, 4.69) is 33.8 Å². The van der Waals surface area contributed by atoms with E-state index < -0.39 is 0 Å². The topological polar surface area (TPSA) is 20.2 Å². The lowest BCUT2D eigenvalue weighted by molar-refractivity contribution is 0.126. The third-order valence-electron chi connectivity index (χ3n) is 4.47. The predicted molar refractivity (Wildman–Crippen MR) is 68.1 cm³/mol. The number of hydrogen-bond donors (Lipinski definition) is 1.